The second-order valence-corrected chi connectivity index (χ2v) is 2.71. The van der Waals surface area contributed by atoms with Crippen molar-refractivity contribution in [3.63, 3.8) is 0 Å². The van der Waals surface area contributed by atoms with Crippen LogP contribution in [0.2, 0.25) is 0 Å². The lowest BCUT2D eigenvalue weighted by atomic mass is 10.3. The quantitative estimate of drug-likeness (QED) is 0.684. The minimum Gasteiger partial charge on any atom is -0.237 e. The number of hydrogen-bond donors (Lipinski definition) is 0. The smallest absolute Gasteiger partial charge is 0.162 e. The van der Waals surface area contributed by atoms with Gasteiger partial charge in [0.2, 0.25) is 0 Å². The highest BCUT2D eigenvalue weighted by Gasteiger charge is 2.04. The molecular weight excluding hydrogens is 181 g/mol. The molecule has 68 valence electrons. The summed E-state index contributed by atoms with van der Waals surface area (Å²) in [5, 5.41) is 12.4. The lowest BCUT2D eigenvalue weighted by Gasteiger charge is -2.00. The Kier molecular flexibility index (Phi) is 1.99. The molecule has 1 aromatic carbocycles. The first kappa shape index (κ1) is 8.45. The van der Waals surface area contributed by atoms with E-state index in [-0.39, 0.29) is 11.5 Å². The number of benzene rings is 1. The second-order valence-electron chi connectivity index (χ2n) is 2.71. The SMILES string of the molecule is N#Cc1ccn(-c2ccccc2F)n1. The van der Waals surface area contributed by atoms with Crippen molar-refractivity contribution in [3.05, 3.63) is 48.0 Å². The van der Waals surface area contributed by atoms with Crippen LogP contribution in [-0.2, 0) is 0 Å². The zero-order valence-electron chi connectivity index (χ0n) is 7.18. The van der Waals surface area contributed by atoms with Gasteiger partial charge in [-0.1, -0.05) is 12.1 Å². The van der Waals surface area contributed by atoms with Gasteiger partial charge in [-0.05, 0) is 18.2 Å². The van der Waals surface area contributed by atoms with Gasteiger partial charge in [0.1, 0.15) is 17.6 Å². The summed E-state index contributed by atoms with van der Waals surface area (Å²) in [7, 11) is 0. The Labute approximate surface area is 80.0 Å². The number of aromatic nitrogens is 2. The predicted octanol–water partition coefficient (Wildman–Crippen LogP) is 1.88. The second kappa shape index (κ2) is 3.30. The van der Waals surface area contributed by atoms with Crippen molar-refractivity contribution in [1.29, 1.82) is 5.26 Å². The molecule has 0 aliphatic rings. The molecule has 0 atom stereocenters. The van der Waals surface area contributed by atoms with Crippen LogP contribution in [0.3, 0.4) is 0 Å². The molecule has 4 heteroatoms. The van der Waals surface area contributed by atoms with Gasteiger partial charge in [0.25, 0.3) is 0 Å². The van der Waals surface area contributed by atoms with E-state index < -0.39 is 0 Å². The van der Waals surface area contributed by atoms with Crippen LogP contribution in [0.15, 0.2) is 36.5 Å². The third-order valence-corrected chi connectivity index (χ3v) is 1.80. The van der Waals surface area contributed by atoms with Crippen molar-refractivity contribution in [3.8, 4) is 11.8 Å². The Bertz CT molecular complexity index is 496. The normalized spacial score (nSPS) is 9.71. The number of rotatable bonds is 1. The van der Waals surface area contributed by atoms with Crippen LogP contribution in [0.5, 0.6) is 0 Å². The molecular formula is C10H6FN3. The summed E-state index contributed by atoms with van der Waals surface area (Å²) in [6.45, 7) is 0. The molecule has 0 unspecified atom stereocenters. The third kappa shape index (κ3) is 1.36. The predicted molar refractivity (Wildman–Crippen MR) is 48.2 cm³/mol. The fraction of sp³-hybridized carbons (Fsp3) is 0. The van der Waals surface area contributed by atoms with Gasteiger partial charge in [0, 0.05) is 6.20 Å². The Morgan fingerprint density at radius 2 is 2.07 bits per heavy atom. The molecule has 2 rings (SSSR count). The van der Waals surface area contributed by atoms with Crippen LogP contribution in [0.1, 0.15) is 5.69 Å². The highest BCUT2D eigenvalue weighted by atomic mass is 19.1. The maximum atomic E-state index is 13.2. The van der Waals surface area contributed by atoms with Crippen LogP contribution in [0.4, 0.5) is 4.39 Å². The van der Waals surface area contributed by atoms with E-state index in [1.165, 1.54) is 16.8 Å². The summed E-state index contributed by atoms with van der Waals surface area (Å²) in [5.41, 5.74) is 0.613. The van der Waals surface area contributed by atoms with Crippen molar-refractivity contribution >= 4 is 0 Å². The largest absolute Gasteiger partial charge is 0.237 e. The minimum atomic E-state index is -0.361. The van der Waals surface area contributed by atoms with Gasteiger partial charge in [-0.3, -0.25) is 0 Å². The lowest BCUT2D eigenvalue weighted by molar-refractivity contribution is 0.610. The fourth-order valence-corrected chi connectivity index (χ4v) is 1.16. The highest BCUT2D eigenvalue weighted by Crippen LogP contribution is 2.11. The van der Waals surface area contributed by atoms with Gasteiger partial charge >= 0.3 is 0 Å². The molecule has 1 aromatic heterocycles. The molecule has 1 heterocycles. The molecule has 2 aromatic rings. The van der Waals surface area contributed by atoms with Gasteiger partial charge in [-0.25, -0.2) is 9.07 Å². The average Bonchev–Trinajstić information content (AvgIpc) is 2.67. The van der Waals surface area contributed by atoms with E-state index in [1.54, 1.807) is 24.4 Å². The Balaban J connectivity index is 2.51. The molecule has 0 fully saturated rings. The molecule has 0 radical (unpaired) electrons. The lowest BCUT2D eigenvalue weighted by Crippen LogP contribution is -1.97. The van der Waals surface area contributed by atoms with Gasteiger partial charge in [-0.2, -0.15) is 10.4 Å². The Hall–Kier alpha value is -2.15. The van der Waals surface area contributed by atoms with Crippen molar-refractivity contribution in [2.45, 2.75) is 0 Å². The average molecular weight is 187 g/mol. The highest BCUT2D eigenvalue weighted by molar-refractivity contribution is 5.33. The fourth-order valence-electron chi connectivity index (χ4n) is 1.16. The molecule has 0 N–H and O–H groups in total. The van der Waals surface area contributed by atoms with Crippen LogP contribution < -0.4 is 0 Å². The van der Waals surface area contributed by atoms with Crippen molar-refractivity contribution in [2.24, 2.45) is 0 Å². The van der Waals surface area contributed by atoms with E-state index in [4.69, 9.17) is 5.26 Å². The molecule has 0 spiro atoms. The number of hydrogen-bond acceptors (Lipinski definition) is 2. The number of nitriles is 1. The summed E-state index contributed by atoms with van der Waals surface area (Å²) in [5.74, 6) is -0.361. The Morgan fingerprint density at radius 1 is 1.29 bits per heavy atom. The van der Waals surface area contributed by atoms with Crippen LogP contribution in [0.25, 0.3) is 5.69 Å². The van der Waals surface area contributed by atoms with Gasteiger partial charge in [0.15, 0.2) is 5.69 Å². The number of nitrogens with zero attached hydrogens (tertiary/aromatic N) is 3. The standard InChI is InChI=1S/C10H6FN3/c11-9-3-1-2-4-10(9)14-6-5-8(7-12)13-14/h1-6H. The molecule has 0 aliphatic heterocycles. The van der Waals surface area contributed by atoms with Crippen molar-refractivity contribution in [2.75, 3.05) is 0 Å². The maximum Gasteiger partial charge on any atom is 0.162 e. The van der Waals surface area contributed by atoms with E-state index in [0.29, 0.717) is 5.69 Å². The molecule has 0 amide bonds. The first-order valence-electron chi connectivity index (χ1n) is 4.02. The van der Waals surface area contributed by atoms with E-state index in [0.717, 1.165) is 0 Å². The molecule has 3 nitrogen and oxygen atoms in total. The van der Waals surface area contributed by atoms with Gasteiger partial charge in [0.05, 0.1) is 0 Å². The van der Waals surface area contributed by atoms with Gasteiger partial charge in [-0.15, -0.1) is 0 Å². The Morgan fingerprint density at radius 3 is 2.71 bits per heavy atom. The monoisotopic (exact) mass is 187 g/mol. The summed E-state index contributed by atoms with van der Waals surface area (Å²) in [6.07, 6.45) is 1.55. The molecule has 0 bridgehead atoms. The molecule has 14 heavy (non-hydrogen) atoms. The molecule has 0 saturated heterocycles. The van der Waals surface area contributed by atoms with E-state index in [1.807, 2.05) is 6.07 Å². The van der Waals surface area contributed by atoms with Crippen molar-refractivity contribution < 1.29 is 4.39 Å². The zero-order chi connectivity index (χ0) is 9.97. The number of para-hydroxylation sites is 1. The third-order valence-electron chi connectivity index (χ3n) is 1.80. The van der Waals surface area contributed by atoms with Crippen molar-refractivity contribution in [1.82, 2.24) is 9.78 Å². The first-order chi connectivity index (χ1) is 6.81. The summed E-state index contributed by atoms with van der Waals surface area (Å²) >= 11 is 0. The van der Waals surface area contributed by atoms with Gasteiger partial charge < -0.3 is 0 Å². The summed E-state index contributed by atoms with van der Waals surface area (Å²) < 4.78 is 14.6. The first-order valence-corrected chi connectivity index (χ1v) is 4.02. The van der Waals surface area contributed by atoms with E-state index in [9.17, 15) is 4.39 Å². The zero-order valence-corrected chi connectivity index (χ0v) is 7.18. The van der Waals surface area contributed by atoms with E-state index in [2.05, 4.69) is 5.10 Å². The molecule has 0 aliphatic carbocycles. The molecule has 0 saturated carbocycles. The number of halogens is 1. The van der Waals surface area contributed by atoms with Crippen LogP contribution in [-0.4, -0.2) is 9.78 Å². The topological polar surface area (TPSA) is 41.6 Å². The maximum absolute atomic E-state index is 13.2. The van der Waals surface area contributed by atoms with Crippen LogP contribution >= 0.6 is 0 Å². The minimum absolute atomic E-state index is 0.272. The summed E-state index contributed by atoms with van der Waals surface area (Å²) in [4.78, 5) is 0. The van der Waals surface area contributed by atoms with Crippen LogP contribution in [0, 0.1) is 17.1 Å². The summed E-state index contributed by atoms with van der Waals surface area (Å²) in [6, 6.07) is 9.69. The van der Waals surface area contributed by atoms with E-state index >= 15 is 0 Å².